The molecular formula is C25H26O7. The second-order valence-electron chi connectivity index (χ2n) is 8.09. The van der Waals surface area contributed by atoms with Crippen molar-refractivity contribution in [1.82, 2.24) is 0 Å². The molecule has 0 bridgehead atoms. The normalized spacial score (nSPS) is 12.0. The maximum Gasteiger partial charge on any atom is 0.204 e. The number of rotatable bonds is 6. The maximum absolute atomic E-state index is 13.4. The van der Waals surface area contributed by atoms with E-state index in [1.807, 2.05) is 19.9 Å². The molecule has 3 rings (SSSR count). The van der Waals surface area contributed by atoms with E-state index in [9.17, 15) is 30.3 Å². The number of aliphatic hydroxyl groups is 1. The molecule has 0 saturated carbocycles. The molecule has 1 aromatic heterocycles. The highest BCUT2D eigenvalue weighted by molar-refractivity contribution is 5.92. The first-order valence-corrected chi connectivity index (χ1v) is 10.0. The van der Waals surface area contributed by atoms with Gasteiger partial charge in [0, 0.05) is 17.5 Å². The molecular weight excluding hydrogens is 412 g/mol. The summed E-state index contributed by atoms with van der Waals surface area (Å²) in [5.74, 6) is -1.50. The van der Waals surface area contributed by atoms with Gasteiger partial charge in [0.1, 0.15) is 28.7 Å². The third-order valence-corrected chi connectivity index (χ3v) is 5.33. The van der Waals surface area contributed by atoms with Crippen molar-refractivity contribution in [3.8, 4) is 34.1 Å². The van der Waals surface area contributed by atoms with Crippen LogP contribution in [0.25, 0.3) is 22.1 Å². The minimum Gasteiger partial charge on any atom is -0.507 e. The average Bonchev–Trinajstić information content (AvgIpc) is 2.72. The smallest absolute Gasteiger partial charge is 0.204 e. The van der Waals surface area contributed by atoms with Gasteiger partial charge in [0.15, 0.2) is 11.5 Å². The van der Waals surface area contributed by atoms with Crippen LogP contribution >= 0.6 is 0 Å². The summed E-state index contributed by atoms with van der Waals surface area (Å²) >= 11 is 0. The summed E-state index contributed by atoms with van der Waals surface area (Å²) in [5, 5.41) is 51.4. The molecule has 0 saturated heterocycles. The third-order valence-electron chi connectivity index (χ3n) is 5.33. The van der Waals surface area contributed by atoms with Gasteiger partial charge in [-0.1, -0.05) is 29.9 Å². The third kappa shape index (κ3) is 4.20. The van der Waals surface area contributed by atoms with Crippen LogP contribution < -0.4 is 5.43 Å². The lowest BCUT2D eigenvalue weighted by atomic mass is 9.93. The van der Waals surface area contributed by atoms with Crippen molar-refractivity contribution in [1.29, 1.82) is 0 Å². The number of hydrogen-bond donors (Lipinski definition) is 5. The van der Waals surface area contributed by atoms with E-state index >= 15 is 0 Å². The molecule has 5 N–H and O–H groups in total. The van der Waals surface area contributed by atoms with Crippen molar-refractivity contribution in [2.24, 2.45) is 0 Å². The molecule has 0 aliphatic heterocycles. The zero-order valence-electron chi connectivity index (χ0n) is 18.1. The Kier molecular flexibility index (Phi) is 6.32. The molecule has 7 heteroatoms. The average molecular weight is 438 g/mol. The summed E-state index contributed by atoms with van der Waals surface area (Å²) in [6, 6.07) is 3.88. The summed E-state index contributed by atoms with van der Waals surface area (Å²) in [4.78, 5) is 13.4. The van der Waals surface area contributed by atoms with Gasteiger partial charge in [-0.15, -0.1) is 0 Å². The SMILES string of the molecule is C=C(C)[C@H](O)Cc1c(O)c(CC=C(C)C)c2occ(-c3ccc(O)c(O)c3)c(=O)c2c1O. The van der Waals surface area contributed by atoms with E-state index < -0.39 is 23.0 Å². The number of aromatic hydroxyl groups is 4. The lowest BCUT2D eigenvalue weighted by Gasteiger charge is -2.17. The van der Waals surface area contributed by atoms with Crippen LogP contribution in [-0.4, -0.2) is 31.6 Å². The minimum atomic E-state index is -1.04. The molecule has 2 aromatic carbocycles. The standard InChI is InChI=1S/C25H26O7/c1-12(2)5-7-15-22(29)16(10-19(27)13(3)4)23(30)21-24(31)17(11-32-25(15)21)14-6-8-18(26)20(28)9-14/h5-6,8-9,11,19,26-30H,3,7,10H2,1-2,4H3/t19-/m1/s1. The summed E-state index contributed by atoms with van der Waals surface area (Å²) in [7, 11) is 0. The Balaban J connectivity index is 2.36. The topological polar surface area (TPSA) is 131 Å². The summed E-state index contributed by atoms with van der Waals surface area (Å²) in [6.45, 7) is 9.08. The zero-order chi connectivity index (χ0) is 23.7. The Hall–Kier alpha value is -3.71. The molecule has 0 spiro atoms. The fourth-order valence-corrected chi connectivity index (χ4v) is 3.40. The fraction of sp³-hybridized carbons (Fsp3) is 0.240. The van der Waals surface area contributed by atoms with Crippen molar-refractivity contribution in [3.63, 3.8) is 0 Å². The van der Waals surface area contributed by atoms with E-state index in [2.05, 4.69) is 6.58 Å². The number of hydrogen-bond acceptors (Lipinski definition) is 7. The molecule has 0 unspecified atom stereocenters. The maximum atomic E-state index is 13.4. The van der Waals surface area contributed by atoms with Gasteiger partial charge >= 0.3 is 0 Å². The first-order valence-electron chi connectivity index (χ1n) is 10.0. The predicted octanol–water partition coefficient (Wildman–Crippen LogP) is 4.27. The highest BCUT2D eigenvalue weighted by Crippen LogP contribution is 2.41. The first-order chi connectivity index (χ1) is 15.0. The van der Waals surface area contributed by atoms with Crippen LogP contribution in [0.2, 0.25) is 0 Å². The van der Waals surface area contributed by atoms with Crippen LogP contribution in [0, 0.1) is 0 Å². The van der Waals surface area contributed by atoms with Gasteiger partial charge in [0.25, 0.3) is 0 Å². The molecule has 0 aliphatic carbocycles. The van der Waals surface area contributed by atoms with Gasteiger partial charge in [-0.2, -0.15) is 0 Å². The molecule has 32 heavy (non-hydrogen) atoms. The van der Waals surface area contributed by atoms with Crippen molar-refractivity contribution < 1.29 is 29.9 Å². The molecule has 7 nitrogen and oxygen atoms in total. The molecule has 3 aromatic rings. The van der Waals surface area contributed by atoms with E-state index in [1.165, 1.54) is 24.5 Å². The van der Waals surface area contributed by atoms with E-state index in [1.54, 1.807) is 6.92 Å². The van der Waals surface area contributed by atoms with Gasteiger partial charge in [-0.3, -0.25) is 4.79 Å². The minimum absolute atomic E-state index is 0.0168. The Bertz CT molecular complexity index is 1290. The predicted molar refractivity (Wildman–Crippen MR) is 122 cm³/mol. The molecule has 0 fully saturated rings. The zero-order valence-corrected chi connectivity index (χ0v) is 18.1. The van der Waals surface area contributed by atoms with Crippen molar-refractivity contribution >= 4 is 11.0 Å². The Labute approximate surface area is 184 Å². The number of phenolic OH excluding ortho intramolecular Hbond substituents is 4. The van der Waals surface area contributed by atoms with Gasteiger partial charge in [-0.05, 0) is 44.9 Å². The number of allylic oxidation sites excluding steroid dienone is 2. The van der Waals surface area contributed by atoms with Crippen LogP contribution in [0.1, 0.15) is 31.9 Å². The largest absolute Gasteiger partial charge is 0.507 e. The lowest BCUT2D eigenvalue weighted by Crippen LogP contribution is -2.14. The summed E-state index contributed by atoms with van der Waals surface area (Å²) in [5.41, 5.74) is 1.51. The summed E-state index contributed by atoms with van der Waals surface area (Å²) < 4.78 is 5.71. The van der Waals surface area contributed by atoms with Crippen molar-refractivity contribution in [2.45, 2.75) is 39.7 Å². The lowest BCUT2D eigenvalue weighted by molar-refractivity contribution is 0.209. The molecule has 0 amide bonds. The van der Waals surface area contributed by atoms with E-state index in [0.717, 1.165) is 5.57 Å². The van der Waals surface area contributed by atoms with Crippen LogP contribution in [0.15, 0.2) is 57.5 Å². The highest BCUT2D eigenvalue weighted by Gasteiger charge is 2.25. The number of benzene rings is 2. The molecule has 0 radical (unpaired) electrons. The van der Waals surface area contributed by atoms with Crippen molar-refractivity contribution in [3.05, 3.63) is 69.6 Å². The second-order valence-corrected chi connectivity index (χ2v) is 8.09. The Morgan fingerprint density at radius 1 is 1.06 bits per heavy atom. The van der Waals surface area contributed by atoms with Crippen LogP contribution in [0.4, 0.5) is 0 Å². The first kappa shape index (κ1) is 23.0. The Morgan fingerprint density at radius 3 is 2.34 bits per heavy atom. The van der Waals surface area contributed by atoms with Crippen LogP contribution in [0.5, 0.6) is 23.0 Å². The molecule has 1 heterocycles. The quantitative estimate of drug-likeness (QED) is 0.287. The van der Waals surface area contributed by atoms with Gasteiger partial charge in [-0.25, -0.2) is 0 Å². The summed E-state index contributed by atoms with van der Waals surface area (Å²) in [6.07, 6.45) is 2.09. The monoisotopic (exact) mass is 438 g/mol. The van der Waals surface area contributed by atoms with E-state index in [-0.39, 0.29) is 52.0 Å². The van der Waals surface area contributed by atoms with Crippen LogP contribution in [0.3, 0.4) is 0 Å². The van der Waals surface area contributed by atoms with Gasteiger partial charge < -0.3 is 29.9 Å². The van der Waals surface area contributed by atoms with Crippen LogP contribution in [-0.2, 0) is 12.8 Å². The van der Waals surface area contributed by atoms with Gasteiger partial charge in [0.2, 0.25) is 5.43 Å². The van der Waals surface area contributed by atoms with E-state index in [4.69, 9.17) is 4.42 Å². The molecule has 0 aliphatic rings. The fourth-order valence-electron chi connectivity index (χ4n) is 3.40. The van der Waals surface area contributed by atoms with E-state index in [0.29, 0.717) is 11.1 Å². The number of aliphatic hydroxyl groups excluding tert-OH is 1. The second kappa shape index (κ2) is 8.80. The number of fused-ring (bicyclic) bond motifs is 1. The molecule has 1 atom stereocenters. The van der Waals surface area contributed by atoms with Crippen molar-refractivity contribution in [2.75, 3.05) is 0 Å². The highest BCUT2D eigenvalue weighted by atomic mass is 16.3. The number of phenols is 4. The van der Waals surface area contributed by atoms with Gasteiger partial charge in [0.05, 0.1) is 11.7 Å². The molecule has 168 valence electrons. The Morgan fingerprint density at radius 2 is 1.75 bits per heavy atom.